The fraction of sp³-hybridized carbons (Fsp3) is 0.375. The van der Waals surface area contributed by atoms with Crippen LogP contribution in [0.25, 0.3) is 5.76 Å². The predicted molar refractivity (Wildman–Crippen MR) is 125 cm³/mol. The van der Waals surface area contributed by atoms with E-state index in [1.54, 1.807) is 45.0 Å². The quantitative estimate of drug-likeness (QED) is 0.276. The first-order valence-corrected chi connectivity index (χ1v) is 11.0. The fourth-order valence-corrected chi connectivity index (χ4v) is 4.18. The molecule has 1 atom stereocenters. The highest BCUT2D eigenvalue weighted by molar-refractivity contribution is 6.46. The van der Waals surface area contributed by atoms with Crippen molar-refractivity contribution in [3.8, 4) is 0 Å². The molecule has 9 heteroatoms. The molecule has 1 aromatic carbocycles. The van der Waals surface area contributed by atoms with E-state index >= 15 is 0 Å². The molecule has 2 heterocycles. The van der Waals surface area contributed by atoms with E-state index in [1.807, 2.05) is 19.0 Å². The number of aromatic amines is 1. The highest BCUT2D eigenvalue weighted by atomic mass is 35.5. The molecule has 1 aliphatic heterocycles. The summed E-state index contributed by atoms with van der Waals surface area (Å²) < 4.78 is 5.08. The van der Waals surface area contributed by atoms with Crippen molar-refractivity contribution >= 4 is 35.0 Å². The molecule has 2 N–H and O–H groups in total. The molecule has 1 amide bonds. The molecule has 8 nitrogen and oxygen atoms in total. The number of ketones is 1. The number of benzene rings is 1. The second-order valence-corrected chi connectivity index (χ2v) is 8.63. The van der Waals surface area contributed by atoms with Gasteiger partial charge in [0.15, 0.2) is 0 Å². The summed E-state index contributed by atoms with van der Waals surface area (Å²) in [6, 6.07) is 6.02. The Labute approximate surface area is 197 Å². The lowest BCUT2D eigenvalue weighted by molar-refractivity contribution is -0.140. The van der Waals surface area contributed by atoms with Crippen LogP contribution in [-0.4, -0.2) is 71.3 Å². The fourth-order valence-electron chi connectivity index (χ4n) is 4.06. The standard InChI is InChI=1S/C24H28ClN3O5/c1-6-33-24(32)19-13(2)17(14(3)26-19)21(29)18-20(15-7-9-16(25)10-8-15)28(12-11-27(4)5)23(31)22(18)30/h7-10,20,26,29H,6,11-12H2,1-5H3/t20-/m1/s1. The maximum atomic E-state index is 13.1. The number of aliphatic hydroxyl groups excluding tert-OH is 1. The number of likely N-dealkylation sites (N-methyl/N-ethyl adjacent to an activating group) is 1. The third-order valence-electron chi connectivity index (χ3n) is 5.67. The molecule has 0 aliphatic carbocycles. The third-order valence-corrected chi connectivity index (χ3v) is 5.92. The number of carbonyl (C=O) groups excluding carboxylic acids is 3. The number of rotatable bonds is 7. The molecule has 1 fully saturated rings. The number of halogens is 1. The Morgan fingerprint density at radius 1 is 1.21 bits per heavy atom. The van der Waals surface area contributed by atoms with Gasteiger partial charge in [0.25, 0.3) is 11.7 Å². The average Bonchev–Trinajstić information content (AvgIpc) is 3.19. The number of amides is 1. The van der Waals surface area contributed by atoms with Crippen molar-refractivity contribution in [3.05, 3.63) is 62.9 Å². The van der Waals surface area contributed by atoms with Crippen molar-refractivity contribution < 1.29 is 24.2 Å². The summed E-state index contributed by atoms with van der Waals surface area (Å²) in [5.74, 6) is -2.35. The number of carbonyl (C=O) groups is 3. The summed E-state index contributed by atoms with van der Waals surface area (Å²) in [6.45, 7) is 6.07. The largest absolute Gasteiger partial charge is 0.507 e. The highest BCUT2D eigenvalue weighted by Gasteiger charge is 2.46. The summed E-state index contributed by atoms with van der Waals surface area (Å²) in [5.41, 5.74) is 2.06. The second-order valence-electron chi connectivity index (χ2n) is 8.19. The Morgan fingerprint density at radius 2 is 1.85 bits per heavy atom. The van der Waals surface area contributed by atoms with Crippen LogP contribution in [0.3, 0.4) is 0 Å². The summed E-state index contributed by atoms with van der Waals surface area (Å²) in [6.07, 6.45) is 0. The van der Waals surface area contributed by atoms with Crippen molar-refractivity contribution in [2.45, 2.75) is 26.8 Å². The van der Waals surface area contributed by atoms with E-state index in [0.717, 1.165) is 0 Å². The Balaban J connectivity index is 2.19. The molecule has 0 radical (unpaired) electrons. The maximum Gasteiger partial charge on any atom is 0.355 e. The number of H-pyrrole nitrogens is 1. The number of aryl methyl sites for hydroxylation is 1. The molecule has 3 rings (SSSR count). The Kier molecular flexibility index (Phi) is 7.29. The first-order chi connectivity index (χ1) is 15.6. The lowest BCUT2D eigenvalue weighted by Gasteiger charge is -2.26. The highest BCUT2D eigenvalue weighted by Crippen LogP contribution is 2.41. The maximum absolute atomic E-state index is 13.1. The number of nitrogens with zero attached hydrogens (tertiary/aromatic N) is 2. The van der Waals surface area contributed by atoms with Crippen LogP contribution in [0.2, 0.25) is 5.02 Å². The number of nitrogens with one attached hydrogen (secondary N) is 1. The van der Waals surface area contributed by atoms with Crippen LogP contribution < -0.4 is 0 Å². The molecule has 0 spiro atoms. The van der Waals surface area contributed by atoms with Crippen LogP contribution in [0.15, 0.2) is 29.8 Å². The predicted octanol–water partition coefficient (Wildman–Crippen LogP) is 3.44. The zero-order chi connectivity index (χ0) is 24.4. The van der Waals surface area contributed by atoms with Crippen molar-refractivity contribution in [2.24, 2.45) is 0 Å². The molecular weight excluding hydrogens is 446 g/mol. The number of hydrogen-bond acceptors (Lipinski definition) is 6. The van der Waals surface area contributed by atoms with Gasteiger partial charge in [0.1, 0.15) is 11.5 Å². The number of hydrogen-bond donors (Lipinski definition) is 2. The van der Waals surface area contributed by atoms with Crippen molar-refractivity contribution in [1.82, 2.24) is 14.8 Å². The summed E-state index contributed by atoms with van der Waals surface area (Å²) >= 11 is 6.05. The summed E-state index contributed by atoms with van der Waals surface area (Å²) in [5, 5.41) is 11.9. The number of ether oxygens (including phenoxy) is 1. The minimum atomic E-state index is -0.790. The number of esters is 1. The zero-order valence-electron chi connectivity index (χ0n) is 19.4. The lowest BCUT2D eigenvalue weighted by Crippen LogP contribution is -2.35. The van der Waals surface area contributed by atoms with Gasteiger partial charge in [-0.1, -0.05) is 23.7 Å². The molecule has 0 saturated carbocycles. The van der Waals surface area contributed by atoms with Gasteiger partial charge in [-0.3, -0.25) is 9.59 Å². The van der Waals surface area contributed by atoms with E-state index in [0.29, 0.717) is 40.5 Å². The molecule has 1 saturated heterocycles. The molecule has 2 aromatic rings. The molecule has 0 bridgehead atoms. The summed E-state index contributed by atoms with van der Waals surface area (Å²) in [7, 11) is 3.74. The van der Waals surface area contributed by atoms with E-state index in [1.165, 1.54) is 4.90 Å². The van der Waals surface area contributed by atoms with Crippen LogP contribution in [0, 0.1) is 13.8 Å². The number of Topliss-reactive ketones (excluding diaryl/α,β-unsaturated/α-hetero) is 1. The van der Waals surface area contributed by atoms with Gasteiger partial charge in [-0.05, 0) is 58.1 Å². The van der Waals surface area contributed by atoms with Crippen LogP contribution >= 0.6 is 11.6 Å². The first kappa shape index (κ1) is 24.5. The number of aromatic nitrogens is 1. The molecule has 0 unspecified atom stereocenters. The van der Waals surface area contributed by atoms with Crippen molar-refractivity contribution in [2.75, 3.05) is 33.8 Å². The van der Waals surface area contributed by atoms with Gasteiger partial charge in [-0.15, -0.1) is 0 Å². The smallest absolute Gasteiger partial charge is 0.355 e. The van der Waals surface area contributed by atoms with Crippen LogP contribution in [0.1, 0.15) is 45.8 Å². The van der Waals surface area contributed by atoms with Gasteiger partial charge in [-0.2, -0.15) is 0 Å². The average molecular weight is 474 g/mol. The van der Waals surface area contributed by atoms with Gasteiger partial charge in [0.05, 0.1) is 18.2 Å². The van der Waals surface area contributed by atoms with E-state index in [-0.39, 0.29) is 23.6 Å². The Bertz CT molecular complexity index is 1120. The third kappa shape index (κ3) is 4.67. The summed E-state index contributed by atoms with van der Waals surface area (Å²) in [4.78, 5) is 44.7. The van der Waals surface area contributed by atoms with E-state index in [9.17, 15) is 19.5 Å². The SMILES string of the molecule is CCOC(=O)c1[nH]c(C)c(C(O)=C2C(=O)C(=O)N(CCN(C)C)[C@@H]2c2ccc(Cl)cc2)c1C. The van der Waals surface area contributed by atoms with Crippen LogP contribution in [0.5, 0.6) is 0 Å². The Morgan fingerprint density at radius 3 is 2.42 bits per heavy atom. The molecule has 1 aliphatic rings. The first-order valence-electron chi connectivity index (χ1n) is 10.6. The molecule has 1 aromatic heterocycles. The second kappa shape index (κ2) is 9.80. The van der Waals surface area contributed by atoms with Gasteiger partial charge in [0, 0.05) is 29.4 Å². The van der Waals surface area contributed by atoms with E-state index < -0.39 is 23.7 Å². The number of likely N-dealkylation sites (tertiary alicyclic amines) is 1. The lowest BCUT2D eigenvalue weighted by atomic mass is 9.94. The topological polar surface area (TPSA) is 103 Å². The normalized spacial score (nSPS) is 17.8. The molecular formula is C24H28ClN3O5. The monoisotopic (exact) mass is 473 g/mol. The molecule has 33 heavy (non-hydrogen) atoms. The van der Waals surface area contributed by atoms with Gasteiger partial charge < -0.3 is 24.6 Å². The van der Waals surface area contributed by atoms with Crippen molar-refractivity contribution in [3.63, 3.8) is 0 Å². The minimum Gasteiger partial charge on any atom is -0.507 e. The zero-order valence-corrected chi connectivity index (χ0v) is 20.1. The van der Waals surface area contributed by atoms with E-state index in [2.05, 4.69) is 4.98 Å². The minimum absolute atomic E-state index is 0.0262. The van der Waals surface area contributed by atoms with Gasteiger partial charge in [-0.25, -0.2) is 4.79 Å². The Hall–Kier alpha value is -3.10. The van der Waals surface area contributed by atoms with Gasteiger partial charge >= 0.3 is 5.97 Å². The number of aliphatic hydroxyl groups is 1. The van der Waals surface area contributed by atoms with Crippen LogP contribution in [-0.2, 0) is 14.3 Å². The van der Waals surface area contributed by atoms with Gasteiger partial charge in [0.2, 0.25) is 0 Å². The van der Waals surface area contributed by atoms with Crippen LogP contribution in [0.4, 0.5) is 0 Å². The van der Waals surface area contributed by atoms with Crippen molar-refractivity contribution in [1.29, 1.82) is 0 Å². The molecule has 176 valence electrons. The van der Waals surface area contributed by atoms with E-state index in [4.69, 9.17) is 16.3 Å².